The van der Waals surface area contributed by atoms with E-state index in [9.17, 15) is 4.79 Å². The standard InChI is InChI=1S/C13H13NO2/c1-3-16-13-11-6-4-5-10(8-15)12(11)9(2)7-14-13/h4-8H,3H2,1-2H3. The van der Waals surface area contributed by atoms with Crippen molar-refractivity contribution in [3.05, 3.63) is 35.5 Å². The SMILES string of the molecule is CCOc1ncc(C)c2c(C=O)cccc12. The minimum atomic E-state index is 0.566. The summed E-state index contributed by atoms with van der Waals surface area (Å²) < 4.78 is 5.45. The molecule has 1 heterocycles. The fourth-order valence-corrected chi connectivity index (χ4v) is 1.83. The molecule has 0 saturated heterocycles. The first-order valence-electron chi connectivity index (χ1n) is 5.24. The normalized spacial score (nSPS) is 10.4. The fraction of sp³-hybridized carbons (Fsp3) is 0.231. The Morgan fingerprint density at radius 3 is 2.94 bits per heavy atom. The molecule has 2 rings (SSSR count). The number of pyridine rings is 1. The molecule has 3 nitrogen and oxygen atoms in total. The van der Waals surface area contributed by atoms with Gasteiger partial charge in [-0.15, -0.1) is 0 Å². The largest absolute Gasteiger partial charge is 0.478 e. The van der Waals surface area contributed by atoms with E-state index in [4.69, 9.17) is 4.74 Å². The van der Waals surface area contributed by atoms with Gasteiger partial charge < -0.3 is 4.74 Å². The molecular formula is C13H13NO2. The van der Waals surface area contributed by atoms with Crippen molar-refractivity contribution in [3.8, 4) is 5.88 Å². The van der Waals surface area contributed by atoms with Gasteiger partial charge in [0.05, 0.1) is 6.61 Å². The van der Waals surface area contributed by atoms with Crippen LogP contribution in [0, 0.1) is 6.92 Å². The van der Waals surface area contributed by atoms with E-state index in [1.165, 1.54) is 0 Å². The third-order valence-electron chi connectivity index (χ3n) is 2.50. The quantitative estimate of drug-likeness (QED) is 0.739. The van der Waals surface area contributed by atoms with Crippen molar-refractivity contribution in [1.82, 2.24) is 4.98 Å². The molecule has 1 aromatic heterocycles. The first-order valence-corrected chi connectivity index (χ1v) is 5.24. The highest BCUT2D eigenvalue weighted by Crippen LogP contribution is 2.27. The number of ether oxygens (including phenoxy) is 1. The second kappa shape index (κ2) is 4.31. The molecule has 82 valence electrons. The molecule has 0 aliphatic carbocycles. The maximum atomic E-state index is 11.0. The molecule has 0 aliphatic rings. The lowest BCUT2D eigenvalue weighted by molar-refractivity contribution is 0.112. The molecule has 0 fully saturated rings. The Bertz CT molecular complexity index is 535. The molecule has 0 N–H and O–H groups in total. The van der Waals surface area contributed by atoms with Crippen molar-refractivity contribution >= 4 is 17.1 Å². The molecule has 0 radical (unpaired) electrons. The summed E-state index contributed by atoms with van der Waals surface area (Å²) >= 11 is 0. The predicted molar refractivity (Wildman–Crippen MR) is 63.0 cm³/mol. The van der Waals surface area contributed by atoms with Gasteiger partial charge in [-0.3, -0.25) is 4.79 Å². The summed E-state index contributed by atoms with van der Waals surface area (Å²) in [5, 5.41) is 1.82. The number of carbonyl (C=O) groups is 1. The van der Waals surface area contributed by atoms with Crippen molar-refractivity contribution in [1.29, 1.82) is 0 Å². The smallest absolute Gasteiger partial charge is 0.221 e. The zero-order valence-corrected chi connectivity index (χ0v) is 9.36. The number of carbonyl (C=O) groups excluding carboxylic acids is 1. The van der Waals surface area contributed by atoms with Crippen LogP contribution < -0.4 is 4.74 Å². The number of nitrogens with zero attached hydrogens (tertiary/aromatic N) is 1. The maximum absolute atomic E-state index is 11.0. The third kappa shape index (κ3) is 1.65. The fourth-order valence-electron chi connectivity index (χ4n) is 1.83. The van der Waals surface area contributed by atoms with Crippen LogP contribution in [0.1, 0.15) is 22.8 Å². The van der Waals surface area contributed by atoms with Gasteiger partial charge >= 0.3 is 0 Å². The molecule has 0 saturated carbocycles. The number of fused-ring (bicyclic) bond motifs is 1. The lowest BCUT2D eigenvalue weighted by Crippen LogP contribution is -1.97. The van der Waals surface area contributed by atoms with Crippen LogP contribution in [0.5, 0.6) is 5.88 Å². The first kappa shape index (κ1) is 10.6. The Labute approximate surface area is 94.1 Å². The molecule has 16 heavy (non-hydrogen) atoms. The van der Waals surface area contributed by atoms with Gasteiger partial charge in [0, 0.05) is 22.5 Å². The molecule has 0 atom stereocenters. The number of aryl methyl sites for hydroxylation is 1. The van der Waals surface area contributed by atoms with E-state index < -0.39 is 0 Å². The highest BCUT2D eigenvalue weighted by molar-refractivity contribution is 6.01. The molecule has 0 bridgehead atoms. The van der Waals surface area contributed by atoms with Crippen LogP contribution in [0.3, 0.4) is 0 Å². The molecule has 0 amide bonds. The van der Waals surface area contributed by atoms with Gasteiger partial charge in [-0.25, -0.2) is 4.98 Å². The van der Waals surface area contributed by atoms with Crippen molar-refractivity contribution in [2.24, 2.45) is 0 Å². The van der Waals surface area contributed by atoms with Crippen molar-refractivity contribution in [2.45, 2.75) is 13.8 Å². The van der Waals surface area contributed by atoms with Crippen LogP contribution in [0.25, 0.3) is 10.8 Å². The number of aromatic nitrogens is 1. The van der Waals surface area contributed by atoms with Gasteiger partial charge in [0.1, 0.15) is 0 Å². The van der Waals surface area contributed by atoms with E-state index in [1.54, 1.807) is 12.3 Å². The molecule has 0 aliphatic heterocycles. The number of rotatable bonds is 3. The summed E-state index contributed by atoms with van der Waals surface area (Å²) in [5.74, 6) is 0.590. The molecule has 2 aromatic rings. The van der Waals surface area contributed by atoms with Crippen LogP contribution in [-0.4, -0.2) is 17.9 Å². The molecule has 3 heteroatoms. The second-order valence-electron chi connectivity index (χ2n) is 3.57. The summed E-state index contributed by atoms with van der Waals surface area (Å²) in [4.78, 5) is 15.2. The van der Waals surface area contributed by atoms with Crippen LogP contribution in [0.2, 0.25) is 0 Å². The Hall–Kier alpha value is -1.90. The van der Waals surface area contributed by atoms with Gasteiger partial charge in [0.15, 0.2) is 6.29 Å². The first-order chi connectivity index (χ1) is 7.77. The number of hydrogen-bond donors (Lipinski definition) is 0. The summed E-state index contributed by atoms with van der Waals surface area (Å²) in [5.41, 5.74) is 1.67. The summed E-state index contributed by atoms with van der Waals surface area (Å²) in [7, 11) is 0. The van der Waals surface area contributed by atoms with Gasteiger partial charge in [0.25, 0.3) is 0 Å². The number of hydrogen-bond acceptors (Lipinski definition) is 3. The average molecular weight is 215 g/mol. The van der Waals surface area contributed by atoms with E-state index in [2.05, 4.69) is 4.98 Å². The van der Waals surface area contributed by atoms with Crippen LogP contribution >= 0.6 is 0 Å². The topological polar surface area (TPSA) is 39.2 Å². The van der Waals surface area contributed by atoms with Crippen molar-refractivity contribution in [2.75, 3.05) is 6.61 Å². The third-order valence-corrected chi connectivity index (χ3v) is 2.50. The van der Waals surface area contributed by atoms with Crippen LogP contribution in [0.4, 0.5) is 0 Å². The summed E-state index contributed by atoms with van der Waals surface area (Å²) in [6.07, 6.45) is 2.60. The lowest BCUT2D eigenvalue weighted by atomic mass is 10.0. The number of aldehydes is 1. The summed E-state index contributed by atoms with van der Waals surface area (Å²) in [6, 6.07) is 5.57. The zero-order valence-electron chi connectivity index (χ0n) is 9.36. The van der Waals surface area contributed by atoms with E-state index >= 15 is 0 Å². The van der Waals surface area contributed by atoms with Gasteiger partial charge in [-0.05, 0) is 25.5 Å². The lowest BCUT2D eigenvalue weighted by Gasteiger charge is -2.09. The van der Waals surface area contributed by atoms with E-state index in [0.29, 0.717) is 18.1 Å². The Morgan fingerprint density at radius 1 is 1.44 bits per heavy atom. The van der Waals surface area contributed by atoms with Crippen LogP contribution in [0.15, 0.2) is 24.4 Å². The maximum Gasteiger partial charge on any atom is 0.221 e. The van der Waals surface area contributed by atoms with Gasteiger partial charge in [-0.1, -0.05) is 12.1 Å². The second-order valence-corrected chi connectivity index (χ2v) is 3.57. The molecule has 0 unspecified atom stereocenters. The van der Waals surface area contributed by atoms with Gasteiger partial charge in [-0.2, -0.15) is 0 Å². The average Bonchev–Trinajstić information content (AvgIpc) is 2.32. The van der Waals surface area contributed by atoms with E-state index in [0.717, 1.165) is 22.6 Å². The Kier molecular flexibility index (Phi) is 2.86. The van der Waals surface area contributed by atoms with E-state index in [1.807, 2.05) is 26.0 Å². The molecule has 1 aromatic carbocycles. The zero-order chi connectivity index (χ0) is 11.5. The Morgan fingerprint density at radius 2 is 2.25 bits per heavy atom. The monoisotopic (exact) mass is 215 g/mol. The van der Waals surface area contributed by atoms with Crippen molar-refractivity contribution < 1.29 is 9.53 Å². The number of benzene rings is 1. The van der Waals surface area contributed by atoms with Crippen LogP contribution in [-0.2, 0) is 0 Å². The Balaban J connectivity index is 2.79. The minimum Gasteiger partial charge on any atom is -0.478 e. The van der Waals surface area contributed by atoms with Crippen molar-refractivity contribution in [3.63, 3.8) is 0 Å². The molecular weight excluding hydrogens is 202 g/mol. The minimum absolute atomic E-state index is 0.566. The highest BCUT2D eigenvalue weighted by atomic mass is 16.5. The highest BCUT2D eigenvalue weighted by Gasteiger charge is 2.08. The summed E-state index contributed by atoms with van der Waals surface area (Å²) in [6.45, 7) is 4.42. The molecule has 0 spiro atoms. The van der Waals surface area contributed by atoms with Gasteiger partial charge in [0.2, 0.25) is 5.88 Å². The predicted octanol–water partition coefficient (Wildman–Crippen LogP) is 2.75. The van der Waals surface area contributed by atoms with E-state index in [-0.39, 0.29) is 0 Å².